The number of hydrogen-bond acceptors (Lipinski definition) is 3. The molecule has 1 unspecified atom stereocenters. The summed E-state index contributed by atoms with van der Waals surface area (Å²) in [5.74, 6) is -0.0610. The lowest BCUT2D eigenvalue weighted by Crippen LogP contribution is -2.40. The summed E-state index contributed by atoms with van der Waals surface area (Å²) < 4.78 is 5.33. The van der Waals surface area contributed by atoms with Crippen molar-refractivity contribution in [2.75, 3.05) is 6.61 Å². The number of carboxylic acids is 1. The van der Waals surface area contributed by atoms with Crippen LogP contribution in [-0.4, -0.2) is 23.2 Å². The number of carboxylic acid groups (broad SMARTS) is 1. The maximum atomic E-state index is 10.6. The molecular weight excluding hydrogens is 218 g/mol. The Bertz CT molecular complexity index is 371. The number of aliphatic carboxylic acids is 1. The molecule has 0 aromatic heterocycles. The zero-order valence-corrected chi connectivity index (χ0v) is 10.3. The van der Waals surface area contributed by atoms with Crippen LogP contribution in [0.25, 0.3) is 0 Å². The molecule has 94 valence electrons. The predicted octanol–water partition coefficient (Wildman–Crippen LogP) is 1.82. The standard InChI is InChI=1S/C13H19NO3/c1-3-17-11-6-4-10(5-7-11)8-13(2,14)9-12(15)16/h4-7H,3,8-9,14H2,1-2H3,(H,15,16). The molecule has 0 spiro atoms. The molecule has 0 bridgehead atoms. The van der Waals surface area contributed by atoms with Crippen molar-refractivity contribution in [3.05, 3.63) is 29.8 Å². The lowest BCUT2D eigenvalue weighted by molar-refractivity contribution is -0.138. The molecule has 1 aromatic carbocycles. The molecule has 0 radical (unpaired) electrons. The van der Waals surface area contributed by atoms with E-state index in [9.17, 15) is 4.79 Å². The van der Waals surface area contributed by atoms with Gasteiger partial charge in [-0.2, -0.15) is 0 Å². The number of rotatable bonds is 6. The van der Waals surface area contributed by atoms with Crippen LogP contribution in [0.1, 0.15) is 25.8 Å². The molecule has 1 rings (SSSR count). The summed E-state index contributed by atoms with van der Waals surface area (Å²) in [6.07, 6.45) is 0.492. The third-order valence-electron chi connectivity index (χ3n) is 2.40. The van der Waals surface area contributed by atoms with E-state index in [4.69, 9.17) is 15.6 Å². The van der Waals surface area contributed by atoms with Gasteiger partial charge >= 0.3 is 5.97 Å². The minimum Gasteiger partial charge on any atom is -0.494 e. The lowest BCUT2D eigenvalue weighted by atomic mass is 9.91. The summed E-state index contributed by atoms with van der Waals surface area (Å²) in [6.45, 7) is 4.31. The maximum absolute atomic E-state index is 10.6. The smallest absolute Gasteiger partial charge is 0.305 e. The predicted molar refractivity (Wildman–Crippen MR) is 66.2 cm³/mol. The van der Waals surface area contributed by atoms with Crippen molar-refractivity contribution in [2.45, 2.75) is 32.2 Å². The summed E-state index contributed by atoms with van der Waals surface area (Å²) in [5, 5.41) is 8.74. The number of hydrogen-bond donors (Lipinski definition) is 2. The average Bonchev–Trinajstić information content (AvgIpc) is 2.18. The Labute approximate surface area is 101 Å². The molecule has 0 aliphatic rings. The van der Waals surface area contributed by atoms with Crippen LogP contribution in [0.3, 0.4) is 0 Å². The van der Waals surface area contributed by atoms with Crippen LogP contribution >= 0.6 is 0 Å². The molecule has 17 heavy (non-hydrogen) atoms. The molecule has 4 nitrogen and oxygen atoms in total. The van der Waals surface area contributed by atoms with Crippen molar-refractivity contribution in [1.29, 1.82) is 0 Å². The van der Waals surface area contributed by atoms with Crippen LogP contribution in [0.5, 0.6) is 5.75 Å². The van der Waals surface area contributed by atoms with Crippen LogP contribution in [0.4, 0.5) is 0 Å². The van der Waals surface area contributed by atoms with Crippen LogP contribution < -0.4 is 10.5 Å². The van der Waals surface area contributed by atoms with E-state index >= 15 is 0 Å². The second-order valence-electron chi connectivity index (χ2n) is 4.48. The quantitative estimate of drug-likeness (QED) is 0.791. The van der Waals surface area contributed by atoms with Crippen molar-refractivity contribution in [3.63, 3.8) is 0 Å². The normalized spacial score (nSPS) is 14.1. The summed E-state index contributed by atoms with van der Waals surface area (Å²) in [5.41, 5.74) is 6.22. The fourth-order valence-corrected chi connectivity index (χ4v) is 1.74. The third-order valence-corrected chi connectivity index (χ3v) is 2.40. The van der Waals surface area contributed by atoms with Gasteiger partial charge in [-0.1, -0.05) is 12.1 Å². The van der Waals surface area contributed by atoms with Gasteiger partial charge < -0.3 is 15.6 Å². The molecule has 3 N–H and O–H groups in total. The summed E-state index contributed by atoms with van der Waals surface area (Å²) in [6, 6.07) is 7.57. The van der Waals surface area contributed by atoms with E-state index in [1.54, 1.807) is 6.92 Å². The fraction of sp³-hybridized carbons (Fsp3) is 0.462. The largest absolute Gasteiger partial charge is 0.494 e. The summed E-state index contributed by atoms with van der Waals surface area (Å²) in [4.78, 5) is 10.6. The highest BCUT2D eigenvalue weighted by Crippen LogP contribution is 2.18. The molecule has 4 heteroatoms. The van der Waals surface area contributed by atoms with Gasteiger partial charge in [0.15, 0.2) is 0 Å². The Balaban J connectivity index is 2.65. The van der Waals surface area contributed by atoms with Crippen molar-refractivity contribution in [3.8, 4) is 5.75 Å². The Hall–Kier alpha value is -1.55. The molecular formula is C13H19NO3. The van der Waals surface area contributed by atoms with Gasteiger partial charge in [-0.15, -0.1) is 0 Å². The number of ether oxygens (including phenoxy) is 1. The Morgan fingerprint density at radius 1 is 1.41 bits per heavy atom. The molecule has 0 aliphatic heterocycles. The van der Waals surface area contributed by atoms with Crippen LogP contribution in [-0.2, 0) is 11.2 Å². The van der Waals surface area contributed by atoms with Gasteiger partial charge in [-0.25, -0.2) is 0 Å². The van der Waals surface area contributed by atoms with Crippen LogP contribution in [0.2, 0.25) is 0 Å². The van der Waals surface area contributed by atoms with Gasteiger partial charge in [0.2, 0.25) is 0 Å². The van der Waals surface area contributed by atoms with E-state index in [0.717, 1.165) is 11.3 Å². The van der Waals surface area contributed by atoms with Gasteiger partial charge in [-0.05, 0) is 38.0 Å². The Kier molecular flexibility index (Phi) is 4.52. The van der Waals surface area contributed by atoms with Crippen molar-refractivity contribution in [1.82, 2.24) is 0 Å². The first kappa shape index (κ1) is 13.5. The van der Waals surface area contributed by atoms with E-state index in [2.05, 4.69) is 0 Å². The molecule has 1 aromatic rings. The van der Waals surface area contributed by atoms with Gasteiger partial charge in [0, 0.05) is 5.54 Å². The van der Waals surface area contributed by atoms with Gasteiger partial charge in [-0.3, -0.25) is 4.79 Å². The number of carbonyl (C=O) groups is 1. The fourth-order valence-electron chi connectivity index (χ4n) is 1.74. The first-order valence-electron chi connectivity index (χ1n) is 5.65. The van der Waals surface area contributed by atoms with E-state index in [1.165, 1.54) is 0 Å². The van der Waals surface area contributed by atoms with Gasteiger partial charge in [0.1, 0.15) is 5.75 Å². The minimum atomic E-state index is -0.874. The molecule has 1 atom stereocenters. The van der Waals surface area contributed by atoms with Crippen molar-refractivity contribution < 1.29 is 14.6 Å². The highest BCUT2D eigenvalue weighted by atomic mass is 16.5. The molecule has 0 saturated carbocycles. The first-order chi connectivity index (χ1) is 7.93. The van der Waals surface area contributed by atoms with E-state index in [0.29, 0.717) is 13.0 Å². The maximum Gasteiger partial charge on any atom is 0.305 e. The van der Waals surface area contributed by atoms with E-state index < -0.39 is 11.5 Å². The van der Waals surface area contributed by atoms with Gasteiger partial charge in [0.05, 0.1) is 13.0 Å². The van der Waals surface area contributed by atoms with E-state index in [-0.39, 0.29) is 6.42 Å². The zero-order chi connectivity index (χ0) is 12.9. The highest BCUT2D eigenvalue weighted by Gasteiger charge is 2.22. The second kappa shape index (κ2) is 5.68. The molecule has 0 aliphatic carbocycles. The topological polar surface area (TPSA) is 72.5 Å². The first-order valence-corrected chi connectivity index (χ1v) is 5.65. The zero-order valence-electron chi connectivity index (χ0n) is 10.3. The SMILES string of the molecule is CCOc1ccc(CC(C)(N)CC(=O)O)cc1. The second-order valence-corrected chi connectivity index (χ2v) is 4.48. The highest BCUT2D eigenvalue weighted by molar-refractivity contribution is 5.68. The van der Waals surface area contributed by atoms with Crippen LogP contribution in [0, 0.1) is 0 Å². The Morgan fingerprint density at radius 2 is 2.00 bits per heavy atom. The van der Waals surface area contributed by atoms with Crippen molar-refractivity contribution >= 4 is 5.97 Å². The van der Waals surface area contributed by atoms with Gasteiger partial charge in [0.25, 0.3) is 0 Å². The third kappa shape index (κ3) is 4.87. The van der Waals surface area contributed by atoms with Crippen molar-refractivity contribution in [2.24, 2.45) is 5.73 Å². The van der Waals surface area contributed by atoms with Crippen LogP contribution in [0.15, 0.2) is 24.3 Å². The molecule has 0 amide bonds. The summed E-state index contributed by atoms with van der Waals surface area (Å²) >= 11 is 0. The number of benzene rings is 1. The molecule has 0 heterocycles. The Morgan fingerprint density at radius 3 is 2.47 bits per heavy atom. The minimum absolute atomic E-state index is 0.0415. The number of nitrogens with two attached hydrogens (primary N) is 1. The molecule has 0 fully saturated rings. The average molecular weight is 237 g/mol. The van der Waals surface area contributed by atoms with E-state index in [1.807, 2.05) is 31.2 Å². The molecule has 0 saturated heterocycles. The summed E-state index contributed by atoms with van der Waals surface area (Å²) in [7, 11) is 0. The monoisotopic (exact) mass is 237 g/mol. The lowest BCUT2D eigenvalue weighted by Gasteiger charge is -2.22.